The van der Waals surface area contributed by atoms with Crippen molar-refractivity contribution in [3.63, 3.8) is 0 Å². The van der Waals surface area contributed by atoms with Crippen LogP contribution in [0, 0.1) is 5.82 Å². The Morgan fingerprint density at radius 1 is 1.03 bits per heavy atom. The fourth-order valence-corrected chi connectivity index (χ4v) is 3.52. The van der Waals surface area contributed by atoms with Crippen molar-refractivity contribution in [3.8, 4) is 0 Å². The molecule has 2 heterocycles. The fourth-order valence-electron chi connectivity index (χ4n) is 3.52. The van der Waals surface area contributed by atoms with E-state index in [2.05, 4.69) is 10.4 Å². The number of aromatic nitrogens is 1. The lowest BCUT2D eigenvalue weighted by molar-refractivity contribution is -0.140. The first-order valence-corrected chi connectivity index (χ1v) is 10.1. The summed E-state index contributed by atoms with van der Waals surface area (Å²) in [4.78, 5) is 56.5. The number of anilines is 1. The lowest BCUT2D eigenvalue weighted by Crippen LogP contribution is -2.55. The molecule has 1 atom stereocenters. The van der Waals surface area contributed by atoms with Gasteiger partial charge in [-0.25, -0.2) is 14.3 Å². The highest BCUT2D eigenvalue weighted by Crippen LogP contribution is 2.26. The highest BCUT2D eigenvalue weighted by molar-refractivity contribution is 6.23. The highest BCUT2D eigenvalue weighted by Gasteiger charge is 2.45. The van der Waals surface area contributed by atoms with Gasteiger partial charge in [0, 0.05) is 12.4 Å². The molecule has 1 N–H and O–H groups in total. The minimum absolute atomic E-state index is 0.0946. The second-order valence-electron chi connectivity index (χ2n) is 7.37. The van der Waals surface area contributed by atoms with Gasteiger partial charge in [-0.2, -0.15) is 0 Å². The van der Waals surface area contributed by atoms with E-state index in [0.717, 1.165) is 22.0 Å². The first-order valence-electron chi connectivity index (χ1n) is 10.1. The zero-order valence-electron chi connectivity index (χ0n) is 17.3. The van der Waals surface area contributed by atoms with Crippen LogP contribution in [0.1, 0.15) is 22.3 Å². The van der Waals surface area contributed by atoms with Crippen LogP contribution in [0.3, 0.4) is 0 Å². The van der Waals surface area contributed by atoms with Crippen molar-refractivity contribution in [1.29, 1.82) is 0 Å². The number of halogens is 1. The first kappa shape index (κ1) is 21.8. The molecule has 0 aliphatic carbocycles. The van der Waals surface area contributed by atoms with E-state index < -0.39 is 35.5 Å². The van der Waals surface area contributed by atoms with Crippen LogP contribution in [0.2, 0.25) is 0 Å². The molecule has 1 aliphatic heterocycles. The molecule has 33 heavy (non-hydrogen) atoms. The molecule has 3 aromatic rings. The second kappa shape index (κ2) is 9.39. The van der Waals surface area contributed by atoms with Crippen LogP contribution in [0.4, 0.5) is 10.1 Å². The van der Waals surface area contributed by atoms with Gasteiger partial charge in [0.2, 0.25) is 11.8 Å². The van der Waals surface area contributed by atoms with Gasteiger partial charge in [-0.3, -0.25) is 29.6 Å². The van der Waals surface area contributed by atoms with Crippen molar-refractivity contribution >= 4 is 29.3 Å². The lowest BCUT2D eigenvalue weighted by atomic mass is 10.1. The number of hydrazine groups is 1. The van der Waals surface area contributed by atoms with Crippen molar-refractivity contribution in [2.45, 2.75) is 18.9 Å². The van der Waals surface area contributed by atoms with Crippen LogP contribution in [0.5, 0.6) is 0 Å². The van der Waals surface area contributed by atoms with Crippen LogP contribution in [0.15, 0.2) is 79.1 Å². The second-order valence-corrected chi connectivity index (χ2v) is 7.37. The quantitative estimate of drug-likeness (QED) is 0.479. The molecule has 1 fully saturated rings. The van der Waals surface area contributed by atoms with Crippen molar-refractivity contribution < 1.29 is 23.6 Å². The summed E-state index contributed by atoms with van der Waals surface area (Å²) in [5, 5.41) is 0.909. The van der Waals surface area contributed by atoms with Crippen LogP contribution in [-0.2, 0) is 20.8 Å². The third-order valence-electron chi connectivity index (χ3n) is 5.13. The maximum atomic E-state index is 13.3. The molecule has 8 nitrogen and oxygen atoms in total. The molecule has 9 heteroatoms. The molecule has 1 saturated heterocycles. The Kier molecular flexibility index (Phi) is 6.21. The number of nitrogens with one attached hydrogen (secondary N) is 1. The fraction of sp³-hybridized carbons (Fsp3) is 0.125. The van der Waals surface area contributed by atoms with Gasteiger partial charge in [-0.1, -0.05) is 30.3 Å². The first-order chi connectivity index (χ1) is 15.9. The molecule has 0 saturated carbocycles. The van der Waals surface area contributed by atoms with Gasteiger partial charge in [0.15, 0.2) is 0 Å². The normalized spacial score (nSPS) is 15.4. The van der Waals surface area contributed by atoms with Crippen molar-refractivity contribution in [1.82, 2.24) is 15.4 Å². The van der Waals surface area contributed by atoms with E-state index in [4.69, 9.17) is 0 Å². The third-order valence-corrected chi connectivity index (χ3v) is 5.13. The van der Waals surface area contributed by atoms with E-state index in [9.17, 15) is 23.6 Å². The third kappa shape index (κ3) is 4.77. The van der Waals surface area contributed by atoms with Gasteiger partial charge in [0.25, 0.3) is 11.8 Å². The monoisotopic (exact) mass is 446 g/mol. The Bertz CT molecular complexity index is 1190. The highest BCUT2D eigenvalue weighted by atomic mass is 19.1. The number of carbonyl (C=O) groups is 4. The number of hydrogen-bond acceptors (Lipinski definition) is 5. The van der Waals surface area contributed by atoms with E-state index in [0.29, 0.717) is 5.56 Å². The number of amides is 4. The van der Waals surface area contributed by atoms with Crippen LogP contribution in [0.25, 0.3) is 0 Å². The zero-order valence-corrected chi connectivity index (χ0v) is 17.3. The van der Waals surface area contributed by atoms with E-state index >= 15 is 0 Å². The van der Waals surface area contributed by atoms with Crippen LogP contribution >= 0.6 is 0 Å². The predicted molar refractivity (Wildman–Crippen MR) is 116 cm³/mol. The predicted octanol–water partition coefficient (Wildman–Crippen LogP) is 2.27. The van der Waals surface area contributed by atoms with Crippen molar-refractivity contribution in [3.05, 3.63) is 96.1 Å². The summed E-state index contributed by atoms with van der Waals surface area (Å²) < 4.78 is 13.3. The number of hydrogen-bond donors (Lipinski definition) is 1. The Morgan fingerprint density at radius 2 is 1.76 bits per heavy atom. The van der Waals surface area contributed by atoms with Gasteiger partial charge in [0.1, 0.15) is 11.9 Å². The minimum atomic E-state index is -1.25. The lowest BCUT2D eigenvalue weighted by Gasteiger charge is -2.28. The Labute approximate surface area is 188 Å². The molecule has 0 spiro atoms. The average Bonchev–Trinajstić information content (AvgIpc) is 3.12. The van der Waals surface area contributed by atoms with Crippen LogP contribution < -0.4 is 10.3 Å². The Hall–Kier alpha value is -4.40. The summed E-state index contributed by atoms with van der Waals surface area (Å²) in [6.45, 7) is 0. The van der Waals surface area contributed by atoms with Gasteiger partial charge >= 0.3 is 0 Å². The van der Waals surface area contributed by atoms with Gasteiger partial charge < -0.3 is 0 Å². The molecular weight excluding hydrogens is 427 g/mol. The Morgan fingerprint density at radius 3 is 2.42 bits per heavy atom. The van der Waals surface area contributed by atoms with Crippen LogP contribution in [-0.4, -0.2) is 39.7 Å². The molecule has 1 unspecified atom stereocenters. The van der Waals surface area contributed by atoms with Gasteiger partial charge in [-0.05, 0) is 42.0 Å². The minimum Gasteiger partial charge on any atom is -0.274 e. The standard InChI is InChI=1S/C24H19FN4O4/c25-18-8-10-19(11-9-18)28-21(30)14-20(24(28)33)29(22(31)13-16-5-2-1-3-6-16)27-23(32)17-7-4-12-26-15-17/h1-12,15,20H,13-14H2,(H,27,32). The number of nitrogens with zero attached hydrogens (tertiary/aromatic N) is 3. The Balaban J connectivity index is 1.62. The SMILES string of the molecule is O=C(NN(C(=O)Cc1ccccc1)C1CC(=O)N(c2ccc(F)cc2)C1=O)c1cccnc1. The number of rotatable bonds is 5. The molecule has 4 amide bonds. The van der Waals surface area contributed by atoms with E-state index in [1.54, 1.807) is 36.4 Å². The average molecular weight is 446 g/mol. The maximum absolute atomic E-state index is 13.3. The van der Waals surface area contributed by atoms with Crippen molar-refractivity contribution in [2.75, 3.05) is 4.90 Å². The topological polar surface area (TPSA) is 99.7 Å². The molecule has 166 valence electrons. The van der Waals surface area contributed by atoms with Crippen molar-refractivity contribution in [2.24, 2.45) is 0 Å². The molecule has 4 rings (SSSR count). The smallest absolute Gasteiger partial charge is 0.271 e. The molecule has 2 aromatic carbocycles. The van der Waals surface area contributed by atoms with Gasteiger partial charge in [-0.15, -0.1) is 0 Å². The molecule has 0 bridgehead atoms. The molecule has 0 radical (unpaired) electrons. The summed E-state index contributed by atoms with van der Waals surface area (Å²) in [5.74, 6) is -2.99. The number of imide groups is 1. The number of benzene rings is 2. The number of pyridine rings is 1. The maximum Gasteiger partial charge on any atom is 0.271 e. The summed E-state index contributed by atoms with van der Waals surface area (Å²) in [5.41, 5.74) is 3.51. The van der Waals surface area contributed by atoms with E-state index in [-0.39, 0.29) is 24.1 Å². The summed E-state index contributed by atoms with van der Waals surface area (Å²) in [7, 11) is 0. The molecule has 1 aromatic heterocycles. The summed E-state index contributed by atoms with van der Waals surface area (Å²) >= 11 is 0. The molecular formula is C24H19FN4O4. The zero-order chi connectivity index (χ0) is 23.4. The largest absolute Gasteiger partial charge is 0.274 e. The number of carbonyl (C=O) groups excluding carboxylic acids is 4. The summed E-state index contributed by atoms with van der Waals surface area (Å²) in [6.07, 6.45) is 2.39. The van der Waals surface area contributed by atoms with Gasteiger partial charge in [0.05, 0.1) is 24.1 Å². The summed E-state index contributed by atoms with van der Waals surface area (Å²) in [6, 6.07) is 15.5. The van der Waals surface area contributed by atoms with E-state index in [1.807, 2.05) is 0 Å². The molecule has 1 aliphatic rings. The van der Waals surface area contributed by atoms with E-state index in [1.165, 1.54) is 30.6 Å².